The van der Waals surface area contributed by atoms with Gasteiger partial charge in [0.15, 0.2) is 0 Å². The van der Waals surface area contributed by atoms with Crippen LogP contribution in [0.1, 0.15) is 35.7 Å². The van der Waals surface area contributed by atoms with E-state index in [9.17, 15) is 9.18 Å². The summed E-state index contributed by atoms with van der Waals surface area (Å²) >= 11 is 5.96. The van der Waals surface area contributed by atoms with Crippen molar-refractivity contribution >= 4 is 17.5 Å². The first kappa shape index (κ1) is 17.7. The second-order valence-corrected chi connectivity index (χ2v) is 6.92. The molecule has 0 radical (unpaired) electrons. The lowest BCUT2D eigenvalue weighted by atomic mass is 10.1. The first-order valence-corrected chi connectivity index (χ1v) is 8.76. The highest BCUT2D eigenvalue weighted by Gasteiger charge is 2.35. The molecule has 2 aromatic rings. The van der Waals surface area contributed by atoms with Crippen LogP contribution in [-0.4, -0.2) is 24.0 Å². The third-order valence-corrected chi connectivity index (χ3v) is 4.96. The molecule has 2 aromatic carbocycles. The molecule has 132 valence electrons. The molecular formula is C20H21ClFNO2. The molecule has 0 spiro atoms. The second-order valence-electron chi connectivity index (χ2n) is 6.48. The standard InChI is InChI=1S/C20H21ClFNO2/c1-13(15-5-6-15)23(12-14-3-8-17(25-2)9-4-14)20(24)18-11-16(21)7-10-19(18)22/h3-4,7-11,13,15H,5-6,12H2,1-2H3. The van der Waals surface area contributed by atoms with Crippen LogP contribution in [-0.2, 0) is 6.54 Å². The number of hydrogen-bond donors (Lipinski definition) is 0. The van der Waals surface area contributed by atoms with Crippen LogP contribution < -0.4 is 4.74 Å². The lowest BCUT2D eigenvalue weighted by Crippen LogP contribution is -2.39. The van der Waals surface area contributed by atoms with Crippen LogP contribution in [0, 0.1) is 11.7 Å². The van der Waals surface area contributed by atoms with Crippen molar-refractivity contribution in [3.8, 4) is 5.75 Å². The third-order valence-electron chi connectivity index (χ3n) is 4.73. The maximum absolute atomic E-state index is 14.2. The minimum atomic E-state index is -0.544. The fourth-order valence-corrected chi connectivity index (χ4v) is 3.15. The largest absolute Gasteiger partial charge is 0.497 e. The van der Waals surface area contributed by atoms with Crippen molar-refractivity contribution < 1.29 is 13.9 Å². The maximum Gasteiger partial charge on any atom is 0.257 e. The lowest BCUT2D eigenvalue weighted by molar-refractivity contribution is 0.0649. The van der Waals surface area contributed by atoms with Crippen molar-refractivity contribution in [2.45, 2.75) is 32.4 Å². The van der Waals surface area contributed by atoms with E-state index < -0.39 is 5.82 Å². The Bertz CT molecular complexity index is 759. The van der Waals surface area contributed by atoms with E-state index in [-0.39, 0.29) is 17.5 Å². The van der Waals surface area contributed by atoms with Gasteiger partial charge < -0.3 is 9.64 Å². The average molecular weight is 362 g/mol. The summed E-state index contributed by atoms with van der Waals surface area (Å²) in [5.74, 6) is 0.370. The normalized spacial score (nSPS) is 14.9. The molecule has 1 atom stereocenters. The third kappa shape index (κ3) is 4.13. The number of methoxy groups -OCH3 is 1. The smallest absolute Gasteiger partial charge is 0.257 e. The molecule has 1 aliphatic carbocycles. The highest BCUT2D eigenvalue weighted by molar-refractivity contribution is 6.31. The Morgan fingerprint density at radius 1 is 1.28 bits per heavy atom. The molecular weight excluding hydrogens is 341 g/mol. The molecule has 0 bridgehead atoms. The van der Waals surface area contributed by atoms with E-state index >= 15 is 0 Å². The van der Waals surface area contributed by atoms with Crippen LogP contribution in [0.25, 0.3) is 0 Å². The van der Waals surface area contributed by atoms with Gasteiger partial charge in [-0.15, -0.1) is 0 Å². The van der Waals surface area contributed by atoms with Gasteiger partial charge in [-0.2, -0.15) is 0 Å². The first-order chi connectivity index (χ1) is 12.0. The number of nitrogens with zero attached hydrogens (tertiary/aromatic N) is 1. The molecule has 25 heavy (non-hydrogen) atoms. The Labute approximate surface area is 152 Å². The van der Waals surface area contributed by atoms with Crippen LogP contribution in [0.15, 0.2) is 42.5 Å². The van der Waals surface area contributed by atoms with Gasteiger partial charge in [-0.1, -0.05) is 23.7 Å². The highest BCUT2D eigenvalue weighted by atomic mass is 35.5. The fourth-order valence-electron chi connectivity index (χ4n) is 2.98. The molecule has 0 saturated heterocycles. The molecule has 1 aliphatic rings. The van der Waals surface area contributed by atoms with Crippen LogP contribution in [0.3, 0.4) is 0 Å². The van der Waals surface area contributed by atoms with Gasteiger partial charge in [0.05, 0.1) is 12.7 Å². The molecule has 1 unspecified atom stereocenters. The predicted octanol–water partition coefficient (Wildman–Crippen LogP) is 4.93. The van der Waals surface area contributed by atoms with Gasteiger partial charge in [0.1, 0.15) is 11.6 Å². The van der Waals surface area contributed by atoms with Crippen LogP contribution >= 0.6 is 11.6 Å². The number of carbonyl (C=O) groups is 1. The number of carbonyl (C=O) groups excluding carboxylic acids is 1. The Morgan fingerprint density at radius 2 is 1.96 bits per heavy atom. The summed E-state index contributed by atoms with van der Waals surface area (Å²) in [6, 6.07) is 11.7. The molecule has 1 amide bonds. The van der Waals surface area contributed by atoms with Crippen LogP contribution in [0.2, 0.25) is 5.02 Å². The predicted molar refractivity (Wildman–Crippen MR) is 96.5 cm³/mol. The minimum Gasteiger partial charge on any atom is -0.497 e. The monoisotopic (exact) mass is 361 g/mol. The molecule has 0 aliphatic heterocycles. The number of rotatable bonds is 6. The Hall–Kier alpha value is -2.07. The number of benzene rings is 2. The number of halogens is 2. The molecule has 0 heterocycles. The Morgan fingerprint density at radius 3 is 2.56 bits per heavy atom. The summed E-state index contributed by atoms with van der Waals surface area (Å²) in [5, 5.41) is 0.355. The first-order valence-electron chi connectivity index (χ1n) is 8.38. The fraction of sp³-hybridized carbons (Fsp3) is 0.350. The van der Waals surface area contributed by atoms with Crippen molar-refractivity contribution in [1.29, 1.82) is 0 Å². The van der Waals surface area contributed by atoms with Gasteiger partial charge in [-0.05, 0) is 61.6 Å². The molecule has 0 N–H and O–H groups in total. The van der Waals surface area contributed by atoms with E-state index in [2.05, 4.69) is 0 Å². The Balaban J connectivity index is 1.88. The summed E-state index contributed by atoms with van der Waals surface area (Å²) in [4.78, 5) is 14.8. The van der Waals surface area contributed by atoms with E-state index in [1.165, 1.54) is 18.2 Å². The van der Waals surface area contributed by atoms with E-state index in [0.29, 0.717) is 17.5 Å². The van der Waals surface area contributed by atoms with E-state index in [1.807, 2.05) is 31.2 Å². The topological polar surface area (TPSA) is 29.5 Å². The lowest BCUT2D eigenvalue weighted by Gasteiger charge is -2.30. The van der Waals surface area contributed by atoms with Crippen molar-refractivity contribution in [2.75, 3.05) is 7.11 Å². The van der Waals surface area contributed by atoms with E-state index in [4.69, 9.17) is 16.3 Å². The number of amides is 1. The van der Waals surface area contributed by atoms with Gasteiger partial charge in [0.2, 0.25) is 0 Å². The molecule has 3 nitrogen and oxygen atoms in total. The maximum atomic E-state index is 14.2. The zero-order valence-electron chi connectivity index (χ0n) is 14.3. The van der Waals surface area contributed by atoms with E-state index in [1.54, 1.807) is 12.0 Å². The van der Waals surface area contributed by atoms with Gasteiger partial charge >= 0.3 is 0 Å². The second kappa shape index (κ2) is 7.44. The van der Waals surface area contributed by atoms with Crippen molar-refractivity contribution in [3.05, 3.63) is 64.4 Å². The highest BCUT2D eigenvalue weighted by Crippen LogP contribution is 2.36. The van der Waals surface area contributed by atoms with Crippen LogP contribution in [0.5, 0.6) is 5.75 Å². The minimum absolute atomic E-state index is 0.0218. The van der Waals surface area contributed by atoms with Crippen molar-refractivity contribution in [2.24, 2.45) is 5.92 Å². The Kier molecular flexibility index (Phi) is 5.28. The summed E-state index contributed by atoms with van der Waals surface area (Å²) in [5.41, 5.74) is 0.998. The summed E-state index contributed by atoms with van der Waals surface area (Å²) in [6.45, 7) is 2.45. The quantitative estimate of drug-likeness (QED) is 0.730. The molecule has 5 heteroatoms. The summed E-state index contributed by atoms with van der Waals surface area (Å²) < 4.78 is 19.3. The van der Waals surface area contributed by atoms with Gasteiger partial charge in [-0.3, -0.25) is 4.79 Å². The van der Waals surface area contributed by atoms with Gasteiger partial charge in [0, 0.05) is 17.6 Å². The van der Waals surface area contributed by atoms with E-state index in [0.717, 1.165) is 24.2 Å². The molecule has 0 aromatic heterocycles. The SMILES string of the molecule is COc1ccc(CN(C(=O)c2cc(Cl)ccc2F)C(C)C2CC2)cc1. The van der Waals surface area contributed by atoms with Crippen molar-refractivity contribution in [1.82, 2.24) is 4.90 Å². The molecule has 3 rings (SSSR count). The van der Waals surface area contributed by atoms with Gasteiger partial charge in [0.25, 0.3) is 5.91 Å². The molecule has 1 saturated carbocycles. The zero-order valence-corrected chi connectivity index (χ0v) is 15.1. The van der Waals surface area contributed by atoms with Crippen LogP contribution in [0.4, 0.5) is 4.39 Å². The van der Waals surface area contributed by atoms with Gasteiger partial charge in [-0.25, -0.2) is 4.39 Å². The summed E-state index contributed by atoms with van der Waals surface area (Å²) in [7, 11) is 1.61. The summed E-state index contributed by atoms with van der Waals surface area (Å²) in [6.07, 6.45) is 2.21. The average Bonchev–Trinajstić information content (AvgIpc) is 3.46. The number of ether oxygens (including phenoxy) is 1. The van der Waals surface area contributed by atoms with Crippen molar-refractivity contribution in [3.63, 3.8) is 0 Å². The number of hydrogen-bond acceptors (Lipinski definition) is 2. The zero-order chi connectivity index (χ0) is 18.0. The molecule has 1 fully saturated rings.